The zero-order valence-electron chi connectivity index (χ0n) is 12.3. The molecular weight excluding hydrogens is 339 g/mol. The number of carbonyl (C=O) groups is 2. The number of carbonyl (C=O) groups excluding carboxylic acids is 2. The van der Waals surface area contributed by atoms with Crippen LogP contribution in [-0.4, -0.2) is 29.0 Å². The molecule has 0 saturated heterocycles. The SMILES string of the molecule is CCNC(=O)[C@H](C)NC(=O)Cn1cc(C(F)(F)F)cc(Cl)c1=O. The Bertz CT molecular complexity index is 658. The Labute approximate surface area is 134 Å². The second-order valence-electron chi connectivity index (χ2n) is 4.69. The lowest BCUT2D eigenvalue weighted by Gasteiger charge is -2.15. The molecule has 0 spiro atoms. The topological polar surface area (TPSA) is 80.2 Å². The Kier molecular flexibility index (Phi) is 6.20. The zero-order chi connectivity index (χ0) is 17.8. The third-order valence-electron chi connectivity index (χ3n) is 2.81. The Morgan fingerprint density at radius 1 is 1.39 bits per heavy atom. The van der Waals surface area contributed by atoms with Gasteiger partial charge in [-0.25, -0.2) is 0 Å². The molecule has 128 valence electrons. The van der Waals surface area contributed by atoms with Crippen LogP contribution < -0.4 is 16.2 Å². The quantitative estimate of drug-likeness (QED) is 0.833. The van der Waals surface area contributed by atoms with Gasteiger partial charge in [-0.05, 0) is 19.9 Å². The number of hydrogen-bond acceptors (Lipinski definition) is 3. The van der Waals surface area contributed by atoms with Crippen molar-refractivity contribution in [1.82, 2.24) is 15.2 Å². The molecule has 1 atom stereocenters. The molecule has 0 radical (unpaired) electrons. The maximum Gasteiger partial charge on any atom is 0.417 e. The maximum atomic E-state index is 12.7. The Morgan fingerprint density at radius 3 is 2.52 bits per heavy atom. The first-order chi connectivity index (χ1) is 10.6. The highest BCUT2D eigenvalue weighted by molar-refractivity contribution is 6.30. The minimum atomic E-state index is -4.70. The smallest absolute Gasteiger partial charge is 0.355 e. The fraction of sp³-hybridized carbons (Fsp3) is 0.462. The molecule has 1 rings (SSSR count). The van der Waals surface area contributed by atoms with Crippen molar-refractivity contribution in [2.24, 2.45) is 0 Å². The summed E-state index contributed by atoms with van der Waals surface area (Å²) >= 11 is 5.48. The van der Waals surface area contributed by atoms with Gasteiger partial charge in [0.2, 0.25) is 11.8 Å². The Balaban J connectivity index is 2.92. The van der Waals surface area contributed by atoms with Crippen LogP contribution in [0.25, 0.3) is 0 Å². The van der Waals surface area contributed by atoms with E-state index in [2.05, 4.69) is 10.6 Å². The molecule has 0 unspecified atom stereocenters. The highest BCUT2D eigenvalue weighted by Crippen LogP contribution is 2.29. The van der Waals surface area contributed by atoms with E-state index in [1.54, 1.807) is 6.92 Å². The van der Waals surface area contributed by atoms with Crippen molar-refractivity contribution in [3.8, 4) is 0 Å². The normalized spacial score (nSPS) is 12.6. The van der Waals surface area contributed by atoms with Crippen LogP contribution in [0.2, 0.25) is 5.02 Å². The van der Waals surface area contributed by atoms with E-state index in [9.17, 15) is 27.6 Å². The van der Waals surface area contributed by atoms with Gasteiger partial charge in [-0.1, -0.05) is 11.6 Å². The first-order valence-electron chi connectivity index (χ1n) is 6.60. The highest BCUT2D eigenvalue weighted by atomic mass is 35.5. The predicted molar refractivity (Wildman–Crippen MR) is 77.0 cm³/mol. The van der Waals surface area contributed by atoms with Gasteiger partial charge in [0.1, 0.15) is 17.6 Å². The standard InChI is InChI=1S/C13H15ClF3N3O3/c1-3-18-11(22)7(2)19-10(21)6-20-5-8(13(15,16)17)4-9(14)12(20)23/h4-5,7H,3,6H2,1-2H3,(H,18,22)(H,19,21)/t7-/m0/s1. The van der Waals surface area contributed by atoms with Crippen molar-refractivity contribution >= 4 is 23.4 Å². The lowest BCUT2D eigenvalue weighted by atomic mass is 10.2. The van der Waals surface area contributed by atoms with Gasteiger partial charge in [-0.15, -0.1) is 0 Å². The molecular formula is C13H15ClF3N3O3. The summed E-state index contributed by atoms with van der Waals surface area (Å²) in [6, 6.07) is -0.394. The van der Waals surface area contributed by atoms with E-state index in [0.717, 1.165) is 0 Å². The molecule has 2 N–H and O–H groups in total. The van der Waals surface area contributed by atoms with E-state index < -0.39 is 46.7 Å². The molecule has 23 heavy (non-hydrogen) atoms. The molecule has 0 aliphatic rings. The first-order valence-corrected chi connectivity index (χ1v) is 6.98. The number of aromatic nitrogens is 1. The highest BCUT2D eigenvalue weighted by Gasteiger charge is 2.32. The van der Waals surface area contributed by atoms with Crippen LogP contribution in [0.5, 0.6) is 0 Å². The van der Waals surface area contributed by atoms with Crippen LogP contribution >= 0.6 is 11.6 Å². The summed E-state index contributed by atoms with van der Waals surface area (Å²) in [7, 11) is 0. The van der Waals surface area contributed by atoms with Crippen LogP contribution in [0, 0.1) is 0 Å². The molecule has 1 aromatic rings. The van der Waals surface area contributed by atoms with Gasteiger partial charge >= 0.3 is 6.18 Å². The van der Waals surface area contributed by atoms with Gasteiger partial charge in [0.25, 0.3) is 5.56 Å². The van der Waals surface area contributed by atoms with Crippen molar-refractivity contribution in [2.45, 2.75) is 32.6 Å². The first kappa shape index (κ1) is 19.0. The van der Waals surface area contributed by atoms with Crippen LogP contribution in [0.15, 0.2) is 17.1 Å². The molecule has 0 bridgehead atoms. The minimum absolute atomic E-state index is 0.363. The van der Waals surface area contributed by atoms with Gasteiger partial charge in [0.15, 0.2) is 0 Å². The van der Waals surface area contributed by atoms with Crippen molar-refractivity contribution in [1.29, 1.82) is 0 Å². The van der Waals surface area contributed by atoms with E-state index in [4.69, 9.17) is 11.6 Å². The molecule has 10 heteroatoms. The van der Waals surface area contributed by atoms with Crippen molar-refractivity contribution in [2.75, 3.05) is 6.54 Å². The predicted octanol–water partition coefficient (Wildman–Crippen LogP) is 1.16. The summed E-state index contributed by atoms with van der Waals surface area (Å²) in [5.41, 5.74) is -2.08. The number of hydrogen-bond donors (Lipinski definition) is 2. The Morgan fingerprint density at radius 2 is 2.00 bits per heavy atom. The summed E-state index contributed by atoms with van der Waals surface area (Å²) in [6.45, 7) is 2.77. The monoisotopic (exact) mass is 353 g/mol. The number of likely N-dealkylation sites (N-methyl/N-ethyl adjacent to an activating group) is 1. The van der Waals surface area contributed by atoms with Gasteiger partial charge in [-0.3, -0.25) is 14.4 Å². The third-order valence-corrected chi connectivity index (χ3v) is 3.08. The lowest BCUT2D eigenvalue weighted by Crippen LogP contribution is -2.46. The second kappa shape index (κ2) is 7.49. The number of pyridine rings is 1. The second-order valence-corrected chi connectivity index (χ2v) is 5.10. The van der Waals surface area contributed by atoms with E-state index in [1.807, 2.05) is 0 Å². The van der Waals surface area contributed by atoms with Crippen LogP contribution in [-0.2, 0) is 22.3 Å². The molecule has 0 aliphatic heterocycles. The number of alkyl halides is 3. The van der Waals surface area contributed by atoms with E-state index in [1.165, 1.54) is 6.92 Å². The van der Waals surface area contributed by atoms with Gasteiger partial charge in [-0.2, -0.15) is 13.2 Å². The third kappa shape index (κ3) is 5.27. The van der Waals surface area contributed by atoms with Gasteiger partial charge in [0, 0.05) is 12.7 Å². The molecule has 1 aromatic heterocycles. The molecule has 6 nitrogen and oxygen atoms in total. The minimum Gasteiger partial charge on any atom is -0.355 e. The lowest BCUT2D eigenvalue weighted by molar-refractivity contribution is -0.138. The summed E-state index contributed by atoms with van der Waals surface area (Å²) in [6.07, 6.45) is -4.20. The Hall–Kier alpha value is -2.03. The number of amides is 2. The van der Waals surface area contributed by atoms with Crippen LogP contribution in [0.3, 0.4) is 0 Å². The number of rotatable bonds is 5. The fourth-order valence-electron chi connectivity index (χ4n) is 1.71. The summed E-state index contributed by atoms with van der Waals surface area (Å²) in [4.78, 5) is 35.0. The van der Waals surface area contributed by atoms with Gasteiger partial charge in [0.05, 0.1) is 5.56 Å². The largest absolute Gasteiger partial charge is 0.417 e. The number of nitrogens with one attached hydrogen (secondary N) is 2. The fourth-order valence-corrected chi connectivity index (χ4v) is 1.93. The van der Waals surface area contributed by atoms with Crippen molar-refractivity contribution in [3.63, 3.8) is 0 Å². The molecule has 1 heterocycles. The van der Waals surface area contributed by atoms with E-state index in [0.29, 0.717) is 23.4 Å². The van der Waals surface area contributed by atoms with E-state index >= 15 is 0 Å². The number of nitrogens with zero attached hydrogens (tertiary/aromatic N) is 1. The van der Waals surface area contributed by atoms with E-state index in [-0.39, 0.29) is 0 Å². The molecule has 0 aromatic carbocycles. The molecule has 0 fully saturated rings. The van der Waals surface area contributed by atoms with Crippen LogP contribution in [0.4, 0.5) is 13.2 Å². The van der Waals surface area contributed by atoms with Crippen molar-refractivity contribution in [3.05, 3.63) is 33.2 Å². The average molecular weight is 354 g/mol. The van der Waals surface area contributed by atoms with Gasteiger partial charge < -0.3 is 15.2 Å². The summed E-state index contributed by atoms with van der Waals surface area (Å²) in [5, 5.41) is 4.11. The molecule has 0 aliphatic carbocycles. The summed E-state index contributed by atoms with van der Waals surface area (Å²) < 4.78 is 38.6. The summed E-state index contributed by atoms with van der Waals surface area (Å²) in [5.74, 6) is -1.24. The zero-order valence-corrected chi connectivity index (χ0v) is 13.1. The van der Waals surface area contributed by atoms with Crippen molar-refractivity contribution < 1.29 is 22.8 Å². The maximum absolute atomic E-state index is 12.7. The molecule has 2 amide bonds. The molecule has 0 saturated carbocycles. The average Bonchev–Trinajstić information content (AvgIpc) is 2.42. The number of halogens is 4. The van der Waals surface area contributed by atoms with Crippen LogP contribution in [0.1, 0.15) is 19.4 Å².